The summed E-state index contributed by atoms with van der Waals surface area (Å²) in [7, 11) is 0. The normalized spacial score (nSPS) is 34.0. The van der Waals surface area contributed by atoms with Gasteiger partial charge in [-0.1, -0.05) is 39.0 Å². The van der Waals surface area contributed by atoms with Crippen molar-refractivity contribution in [3.05, 3.63) is 0 Å². The van der Waals surface area contributed by atoms with Gasteiger partial charge >= 0.3 is 0 Å². The topological polar surface area (TPSA) is 12.0 Å². The third-order valence-corrected chi connectivity index (χ3v) is 4.26. The van der Waals surface area contributed by atoms with Crippen LogP contribution in [0.25, 0.3) is 0 Å². The Labute approximate surface area is 95.0 Å². The maximum Gasteiger partial charge on any atom is 0.00721 e. The minimum atomic E-state index is 0.762. The van der Waals surface area contributed by atoms with Gasteiger partial charge in [0.25, 0.3) is 0 Å². The SMILES string of the molecule is CCC1CCCC(NC(C)CC2CC2)C1. The van der Waals surface area contributed by atoms with E-state index in [1.54, 1.807) is 0 Å². The third-order valence-electron chi connectivity index (χ3n) is 4.26. The first-order valence-electron chi connectivity index (χ1n) is 7.04. The van der Waals surface area contributed by atoms with Gasteiger partial charge in [0, 0.05) is 12.1 Å². The summed E-state index contributed by atoms with van der Waals surface area (Å²) in [4.78, 5) is 0. The van der Waals surface area contributed by atoms with Gasteiger partial charge < -0.3 is 5.32 Å². The lowest BCUT2D eigenvalue weighted by molar-refractivity contribution is 0.260. The Morgan fingerprint density at radius 1 is 1.13 bits per heavy atom. The summed E-state index contributed by atoms with van der Waals surface area (Å²) in [6, 6.07) is 1.59. The van der Waals surface area contributed by atoms with Crippen LogP contribution in [0.2, 0.25) is 0 Å². The minimum absolute atomic E-state index is 0.762. The average molecular weight is 209 g/mol. The average Bonchev–Trinajstić information content (AvgIpc) is 3.02. The van der Waals surface area contributed by atoms with Crippen LogP contribution < -0.4 is 5.32 Å². The zero-order valence-corrected chi connectivity index (χ0v) is 10.5. The van der Waals surface area contributed by atoms with Gasteiger partial charge in [0.15, 0.2) is 0 Å². The summed E-state index contributed by atoms with van der Waals surface area (Å²) in [5, 5.41) is 3.85. The van der Waals surface area contributed by atoms with Gasteiger partial charge in [0.05, 0.1) is 0 Å². The molecule has 1 nitrogen and oxygen atoms in total. The largest absolute Gasteiger partial charge is 0.311 e. The molecule has 1 N–H and O–H groups in total. The van der Waals surface area contributed by atoms with Gasteiger partial charge in [0.1, 0.15) is 0 Å². The summed E-state index contributed by atoms with van der Waals surface area (Å²) < 4.78 is 0. The van der Waals surface area contributed by atoms with E-state index in [0.29, 0.717) is 0 Å². The molecule has 88 valence electrons. The second-order valence-corrected chi connectivity index (χ2v) is 5.88. The third kappa shape index (κ3) is 3.79. The fourth-order valence-electron chi connectivity index (χ4n) is 3.14. The highest BCUT2D eigenvalue weighted by atomic mass is 14.9. The maximum absolute atomic E-state index is 3.85. The van der Waals surface area contributed by atoms with Crippen molar-refractivity contribution in [2.24, 2.45) is 11.8 Å². The van der Waals surface area contributed by atoms with Crippen LogP contribution in [0.1, 0.15) is 65.2 Å². The Hall–Kier alpha value is -0.0400. The van der Waals surface area contributed by atoms with Crippen molar-refractivity contribution >= 4 is 0 Å². The number of hydrogen-bond donors (Lipinski definition) is 1. The van der Waals surface area contributed by atoms with Crippen LogP contribution in [0.4, 0.5) is 0 Å². The lowest BCUT2D eigenvalue weighted by atomic mass is 9.84. The van der Waals surface area contributed by atoms with Gasteiger partial charge in [-0.3, -0.25) is 0 Å². The molecule has 0 radical (unpaired) electrons. The van der Waals surface area contributed by atoms with Crippen molar-refractivity contribution in [2.45, 2.75) is 77.3 Å². The summed E-state index contributed by atoms with van der Waals surface area (Å²) >= 11 is 0. The van der Waals surface area contributed by atoms with Gasteiger partial charge in [-0.2, -0.15) is 0 Å². The fourth-order valence-corrected chi connectivity index (χ4v) is 3.14. The monoisotopic (exact) mass is 209 g/mol. The molecule has 0 aromatic carbocycles. The van der Waals surface area contributed by atoms with E-state index in [2.05, 4.69) is 19.2 Å². The van der Waals surface area contributed by atoms with Crippen LogP contribution in [0.15, 0.2) is 0 Å². The Balaban J connectivity index is 1.67. The van der Waals surface area contributed by atoms with Crippen molar-refractivity contribution < 1.29 is 0 Å². The Morgan fingerprint density at radius 2 is 1.93 bits per heavy atom. The molecule has 0 saturated heterocycles. The molecule has 0 aromatic heterocycles. The van der Waals surface area contributed by atoms with Gasteiger partial charge in [-0.25, -0.2) is 0 Å². The number of hydrogen-bond acceptors (Lipinski definition) is 1. The number of rotatable bonds is 5. The summed E-state index contributed by atoms with van der Waals surface area (Å²) in [6.45, 7) is 4.73. The smallest absolute Gasteiger partial charge is 0.00721 e. The van der Waals surface area contributed by atoms with E-state index in [4.69, 9.17) is 0 Å². The molecule has 0 heterocycles. The molecule has 2 fully saturated rings. The van der Waals surface area contributed by atoms with Crippen LogP contribution >= 0.6 is 0 Å². The molecule has 2 aliphatic carbocycles. The molecule has 1 heteroatoms. The fraction of sp³-hybridized carbons (Fsp3) is 1.00. The Kier molecular flexibility index (Phi) is 4.07. The first-order chi connectivity index (χ1) is 7.28. The van der Waals surface area contributed by atoms with E-state index in [9.17, 15) is 0 Å². The maximum atomic E-state index is 3.85. The molecule has 3 unspecified atom stereocenters. The lowest BCUT2D eigenvalue weighted by Gasteiger charge is -2.31. The van der Waals surface area contributed by atoms with Gasteiger partial charge in [-0.15, -0.1) is 0 Å². The standard InChI is InChI=1S/C14H27N/c1-3-12-5-4-6-14(10-12)15-11(2)9-13-7-8-13/h11-15H,3-10H2,1-2H3. The molecule has 0 bridgehead atoms. The predicted octanol–water partition coefficient (Wildman–Crippen LogP) is 3.73. The molecule has 2 rings (SSSR count). The van der Waals surface area contributed by atoms with E-state index in [1.807, 2.05) is 0 Å². The minimum Gasteiger partial charge on any atom is -0.311 e. The molecule has 0 aromatic rings. The molecule has 15 heavy (non-hydrogen) atoms. The van der Waals surface area contributed by atoms with Crippen molar-refractivity contribution in [3.8, 4) is 0 Å². The zero-order valence-electron chi connectivity index (χ0n) is 10.5. The Morgan fingerprint density at radius 3 is 2.60 bits per heavy atom. The summed E-state index contributed by atoms with van der Waals surface area (Å²) in [5.74, 6) is 2.07. The Bertz CT molecular complexity index is 186. The van der Waals surface area contributed by atoms with Crippen molar-refractivity contribution in [1.82, 2.24) is 5.32 Å². The molecule has 3 atom stereocenters. The van der Waals surface area contributed by atoms with E-state index in [1.165, 1.54) is 51.4 Å². The van der Waals surface area contributed by atoms with E-state index in [0.717, 1.165) is 23.9 Å². The zero-order chi connectivity index (χ0) is 10.7. The van der Waals surface area contributed by atoms with Crippen LogP contribution in [-0.4, -0.2) is 12.1 Å². The molecule has 0 amide bonds. The number of nitrogens with one attached hydrogen (secondary N) is 1. The first-order valence-corrected chi connectivity index (χ1v) is 7.04. The van der Waals surface area contributed by atoms with Crippen LogP contribution in [0.3, 0.4) is 0 Å². The van der Waals surface area contributed by atoms with Crippen LogP contribution in [0, 0.1) is 11.8 Å². The molecular weight excluding hydrogens is 182 g/mol. The van der Waals surface area contributed by atoms with Crippen molar-refractivity contribution in [1.29, 1.82) is 0 Å². The van der Waals surface area contributed by atoms with Gasteiger partial charge in [0.2, 0.25) is 0 Å². The molecule has 2 saturated carbocycles. The second kappa shape index (κ2) is 5.34. The highest BCUT2D eigenvalue weighted by molar-refractivity contribution is 4.83. The summed E-state index contributed by atoms with van der Waals surface area (Å²) in [5.41, 5.74) is 0. The molecular formula is C14H27N. The van der Waals surface area contributed by atoms with E-state index in [-0.39, 0.29) is 0 Å². The van der Waals surface area contributed by atoms with Crippen molar-refractivity contribution in [2.75, 3.05) is 0 Å². The van der Waals surface area contributed by atoms with E-state index < -0.39 is 0 Å². The highest BCUT2D eigenvalue weighted by Crippen LogP contribution is 2.34. The second-order valence-electron chi connectivity index (χ2n) is 5.88. The van der Waals surface area contributed by atoms with Crippen LogP contribution in [-0.2, 0) is 0 Å². The van der Waals surface area contributed by atoms with Gasteiger partial charge in [-0.05, 0) is 38.0 Å². The molecule has 0 aliphatic heterocycles. The van der Waals surface area contributed by atoms with E-state index >= 15 is 0 Å². The van der Waals surface area contributed by atoms with Crippen molar-refractivity contribution in [3.63, 3.8) is 0 Å². The quantitative estimate of drug-likeness (QED) is 0.727. The first kappa shape index (κ1) is 11.4. The molecule has 2 aliphatic rings. The predicted molar refractivity (Wildman–Crippen MR) is 66.0 cm³/mol. The molecule has 0 spiro atoms. The lowest BCUT2D eigenvalue weighted by Crippen LogP contribution is -2.39. The summed E-state index contributed by atoms with van der Waals surface area (Å²) in [6.07, 6.45) is 11.6. The highest BCUT2D eigenvalue weighted by Gasteiger charge is 2.26. The van der Waals surface area contributed by atoms with Crippen LogP contribution in [0.5, 0.6) is 0 Å².